The van der Waals surface area contributed by atoms with Crippen LogP contribution in [-0.4, -0.2) is 30.4 Å². The predicted octanol–water partition coefficient (Wildman–Crippen LogP) is 2.40. The minimum Gasteiger partial charge on any atom is -0.342 e. The van der Waals surface area contributed by atoms with Crippen molar-refractivity contribution in [3.8, 4) is 0 Å². The minimum atomic E-state index is -0.350. The number of nitrogens with two attached hydrogens (primary N) is 1. The van der Waals surface area contributed by atoms with E-state index in [-0.39, 0.29) is 11.3 Å². The molecule has 1 saturated heterocycles. The molecule has 0 radical (unpaired) electrons. The molecule has 1 unspecified atom stereocenters. The van der Waals surface area contributed by atoms with Gasteiger partial charge in [0.15, 0.2) is 0 Å². The van der Waals surface area contributed by atoms with E-state index >= 15 is 0 Å². The molecule has 1 fully saturated rings. The predicted molar refractivity (Wildman–Crippen MR) is 71.7 cm³/mol. The first-order valence-electron chi connectivity index (χ1n) is 7.06. The SMILES string of the molecule is CCCC1CCN(C(=O)C(C)(CC)CN)CC1. The molecular formula is C14H28N2O. The number of hydrogen-bond acceptors (Lipinski definition) is 2. The van der Waals surface area contributed by atoms with Crippen LogP contribution < -0.4 is 5.73 Å². The van der Waals surface area contributed by atoms with Crippen molar-refractivity contribution < 1.29 is 4.79 Å². The molecule has 100 valence electrons. The first-order valence-corrected chi connectivity index (χ1v) is 7.06. The Kier molecular flexibility index (Phi) is 5.44. The van der Waals surface area contributed by atoms with Gasteiger partial charge in [-0.2, -0.15) is 0 Å². The summed E-state index contributed by atoms with van der Waals surface area (Å²) in [4.78, 5) is 14.4. The highest BCUT2D eigenvalue weighted by Crippen LogP contribution is 2.27. The van der Waals surface area contributed by atoms with Crippen LogP contribution in [0.1, 0.15) is 52.9 Å². The molecule has 0 aliphatic carbocycles. The van der Waals surface area contributed by atoms with Crippen LogP contribution in [0.4, 0.5) is 0 Å². The molecule has 3 nitrogen and oxygen atoms in total. The van der Waals surface area contributed by atoms with Gasteiger partial charge in [-0.15, -0.1) is 0 Å². The van der Waals surface area contributed by atoms with Crippen molar-refractivity contribution in [2.45, 2.75) is 52.9 Å². The van der Waals surface area contributed by atoms with Crippen molar-refractivity contribution in [1.29, 1.82) is 0 Å². The van der Waals surface area contributed by atoms with Gasteiger partial charge in [-0.25, -0.2) is 0 Å². The highest BCUT2D eigenvalue weighted by molar-refractivity contribution is 5.82. The lowest BCUT2D eigenvalue weighted by molar-refractivity contribution is -0.142. The summed E-state index contributed by atoms with van der Waals surface area (Å²) in [5.41, 5.74) is 5.40. The largest absolute Gasteiger partial charge is 0.342 e. The fraction of sp³-hybridized carbons (Fsp3) is 0.929. The Bertz CT molecular complexity index is 241. The van der Waals surface area contributed by atoms with Gasteiger partial charge in [-0.1, -0.05) is 26.7 Å². The quantitative estimate of drug-likeness (QED) is 0.802. The second-order valence-corrected chi connectivity index (χ2v) is 5.64. The molecule has 1 rings (SSSR count). The van der Waals surface area contributed by atoms with E-state index in [1.807, 2.05) is 11.8 Å². The van der Waals surface area contributed by atoms with E-state index in [0.717, 1.165) is 25.4 Å². The monoisotopic (exact) mass is 240 g/mol. The molecule has 1 heterocycles. The summed E-state index contributed by atoms with van der Waals surface area (Å²) >= 11 is 0. The Morgan fingerprint density at radius 1 is 1.35 bits per heavy atom. The molecule has 0 saturated carbocycles. The van der Waals surface area contributed by atoms with E-state index in [0.29, 0.717) is 6.54 Å². The zero-order chi connectivity index (χ0) is 12.9. The molecular weight excluding hydrogens is 212 g/mol. The van der Waals surface area contributed by atoms with Crippen molar-refractivity contribution >= 4 is 5.91 Å². The maximum absolute atomic E-state index is 12.4. The van der Waals surface area contributed by atoms with E-state index < -0.39 is 0 Å². The third-order valence-corrected chi connectivity index (χ3v) is 4.35. The zero-order valence-electron chi connectivity index (χ0n) is 11.7. The molecule has 2 N–H and O–H groups in total. The van der Waals surface area contributed by atoms with Crippen LogP contribution in [0.25, 0.3) is 0 Å². The first-order chi connectivity index (χ1) is 8.07. The second-order valence-electron chi connectivity index (χ2n) is 5.64. The number of hydrogen-bond donors (Lipinski definition) is 1. The number of nitrogens with zero attached hydrogens (tertiary/aromatic N) is 1. The Hall–Kier alpha value is -0.570. The normalized spacial score (nSPS) is 21.3. The molecule has 1 amide bonds. The molecule has 0 bridgehead atoms. The van der Waals surface area contributed by atoms with Crippen LogP contribution >= 0.6 is 0 Å². The lowest BCUT2D eigenvalue weighted by Crippen LogP contribution is -2.48. The maximum Gasteiger partial charge on any atom is 0.229 e. The van der Waals surface area contributed by atoms with Crippen molar-refractivity contribution in [3.63, 3.8) is 0 Å². The summed E-state index contributed by atoms with van der Waals surface area (Å²) in [5, 5.41) is 0. The van der Waals surface area contributed by atoms with Gasteiger partial charge in [0.25, 0.3) is 0 Å². The van der Waals surface area contributed by atoms with E-state index in [1.165, 1.54) is 25.7 Å². The Labute approximate surface area is 106 Å². The lowest BCUT2D eigenvalue weighted by atomic mass is 9.84. The number of carbonyl (C=O) groups excluding carboxylic acids is 1. The molecule has 0 spiro atoms. The standard InChI is InChI=1S/C14H28N2O/c1-4-6-12-7-9-16(10-8-12)13(17)14(3,5-2)11-15/h12H,4-11,15H2,1-3H3. The number of carbonyl (C=O) groups is 1. The van der Waals surface area contributed by atoms with E-state index in [2.05, 4.69) is 13.8 Å². The average molecular weight is 240 g/mol. The molecule has 1 aliphatic heterocycles. The summed E-state index contributed by atoms with van der Waals surface area (Å²) in [5.74, 6) is 1.09. The smallest absolute Gasteiger partial charge is 0.229 e. The third-order valence-electron chi connectivity index (χ3n) is 4.35. The van der Waals surface area contributed by atoms with E-state index in [9.17, 15) is 4.79 Å². The van der Waals surface area contributed by atoms with E-state index in [4.69, 9.17) is 5.73 Å². The summed E-state index contributed by atoms with van der Waals surface area (Å²) in [7, 11) is 0. The second kappa shape index (κ2) is 6.39. The summed E-state index contributed by atoms with van der Waals surface area (Å²) < 4.78 is 0. The lowest BCUT2D eigenvalue weighted by Gasteiger charge is -2.37. The van der Waals surface area contributed by atoms with Crippen LogP contribution in [0.15, 0.2) is 0 Å². The Balaban J connectivity index is 2.51. The summed E-state index contributed by atoms with van der Waals surface area (Å²) in [6, 6.07) is 0. The van der Waals surface area contributed by atoms with Crippen LogP contribution in [0.2, 0.25) is 0 Å². The summed E-state index contributed by atoms with van der Waals surface area (Å²) in [6.45, 7) is 8.59. The molecule has 1 aliphatic rings. The highest BCUT2D eigenvalue weighted by atomic mass is 16.2. The number of amides is 1. The summed E-state index contributed by atoms with van der Waals surface area (Å²) in [6.07, 6.45) is 5.74. The molecule has 0 aromatic heterocycles. The van der Waals surface area contributed by atoms with Gasteiger partial charge in [0.05, 0.1) is 5.41 Å². The van der Waals surface area contributed by atoms with Crippen molar-refractivity contribution in [2.24, 2.45) is 17.1 Å². The third kappa shape index (κ3) is 3.44. The topological polar surface area (TPSA) is 46.3 Å². The van der Waals surface area contributed by atoms with Crippen molar-refractivity contribution in [2.75, 3.05) is 19.6 Å². The van der Waals surface area contributed by atoms with Gasteiger partial charge in [0.2, 0.25) is 5.91 Å². The Morgan fingerprint density at radius 3 is 2.35 bits per heavy atom. The zero-order valence-corrected chi connectivity index (χ0v) is 11.7. The van der Waals surface area contributed by atoms with Gasteiger partial charge in [0.1, 0.15) is 0 Å². The van der Waals surface area contributed by atoms with Gasteiger partial charge in [0, 0.05) is 19.6 Å². The first kappa shape index (κ1) is 14.5. The maximum atomic E-state index is 12.4. The number of likely N-dealkylation sites (tertiary alicyclic amines) is 1. The molecule has 0 aromatic rings. The fourth-order valence-electron chi connectivity index (χ4n) is 2.60. The number of rotatable bonds is 5. The average Bonchev–Trinajstić information content (AvgIpc) is 2.38. The Morgan fingerprint density at radius 2 is 1.94 bits per heavy atom. The highest BCUT2D eigenvalue weighted by Gasteiger charge is 2.35. The van der Waals surface area contributed by atoms with Gasteiger partial charge in [-0.05, 0) is 32.1 Å². The minimum absolute atomic E-state index is 0.262. The van der Waals surface area contributed by atoms with Gasteiger partial charge in [-0.3, -0.25) is 4.79 Å². The van der Waals surface area contributed by atoms with Crippen LogP contribution in [0, 0.1) is 11.3 Å². The number of piperidine rings is 1. The van der Waals surface area contributed by atoms with E-state index in [1.54, 1.807) is 0 Å². The molecule has 17 heavy (non-hydrogen) atoms. The van der Waals surface area contributed by atoms with Crippen molar-refractivity contribution in [1.82, 2.24) is 4.90 Å². The fourth-order valence-corrected chi connectivity index (χ4v) is 2.60. The van der Waals surface area contributed by atoms with Crippen LogP contribution in [-0.2, 0) is 4.79 Å². The van der Waals surface area contributed by atoms with Crippen LogP contribution in [0.5, 0.6) is 0 Å². The molecule has 3 heteroatoms. The van der Waals surface area contributed by atoms with Crippen LogP contribution in [0.3, 0.4) is 0 Å². The molecule has 0 aromatic carbocycles. The van der Waals surface area contributed by atoms with Gasteiger partial charge < -0.3 is 10.6 Å². The van der Waals surface area contributed by atoms with Gasteiger partial charge >= 0.3 is 0 Å². The van der Waals surface area contributed by atoms with Crippen molar-refractivity contribution in [3.05, 3.63) is 0 Å². The molecule has 1 atom stereocenters.